The highest BCUT2D eigenvalue weighted by atomic mass is 16.6. The molecule has 9 heteroatoms. The Morgan fingerprint density at radius 2 is 1.85 bits per heavy atom. The van der Waals surface area contributed by atoms with Crippen LogP contribution in [-0.2, 0) is 11.3 Å². The van der Waals surface area contributed by atoms with Crippen molar-refractivity contribution in [3.8, 4) is 0 Å². The summed E-state index contributed by atoms with van der Waals surface area (Å²) in [4.78, 5) is 46.2. The van der Waals surface area contributed by atoms with E-state index in [1.165, 1.54) is 0 Å². The molecule has 3 rings (SSSR count). The van der Waals surface area contributed by atoms with Gasteiger partial charge in [0.1, 0.15) is 12.1 Å². The van der Waals surface area contributed by atoms with E-state index >= 15 is 0 Å². The Kier molecular flexibility index (Phi) is 4.67. The summed E-state index contributed by atoms with van der Waals surface area (Å²) in [7, 11) is 0. The monoisotopic (exact) mass is 366 g/mol. The van der Waals surface area contributed by atoms with Crippen LogP contribution in [0.3, 0.4) is 0 Å². The Morgan fingerprint density at radius 3 is 2.56 bits per heavy atom. The van der Waals surface area contributed by atoms with E-state index < -0.39 is 40.1 Å². The topological polar surface area (TPSA) is 137 Å². The number of hydrogen-bond acceptors (Lipinski definition) is 5. The van der Waals surface area contributed by atoms with Crippen LogP contribution in [0.25, 0.3) is 10.8 Å². The van der Waals surface area contributed by atoms with Gasteiger partial charge in [0, 0.05) is 17.1 Å². The Bertz CT molecular complexity index is 1130. The fourth-order valence-electron chi connectivity index (χ4n) is 2.69. The van der Waals surface area contributed by atoms with Crippen LogP contribution in [-0.4, -0.2) is 21.3 Å². The summed E-state index contributed by atoms with van der Waals surface area (Å²) >= 11 is 0. The lowest BCUT2D eigenvalue weighted by molar-refractivity contribution is -0.385. The first-order valence-corrected chi connectivity index (χ1v) is 7.83. The third-order valence-corrected chi connectivity index (χ3v) is 3.93. The standard InChI is InChI=1S/C18H14N4O5/c19-17(24)14-8-12(22(26)27)9-21(18(14)25)10-16(23)20-15-7-3-5-11-4-1-2-6-13(11)15/h1-9H,10H2,(H2,19,24)(H,20,23). The number of benzene rings is 2. The second kappa shape index (κ2) is 7.08. The van der Waals surface area contributed by atoms with Gasteiger partial charge in [-0.3, -0.25) is 29.1 Å². The molecule has 0 fully saturated rings. The number of carbonyl (C=O) groups is 2. The SMILES string of the molecule is NC(=O)c1cc([N+](=O)[O-])cn(CC(=O)Nc2cccc3ccccc23)c1=O. The Hall–Kier alpha value is -4.01. The van der Waals surface area contributed by atoms with Gasteiger partial charge in [-0.05, 0) is 11.5 Å². The Morgan fingerprint density at radius 1 is 1.15 bits per heavy atom. The van der Waals surface area contributed by atoms with Gasteiger partial charge in [-0.1, -0.05) is 36.4 Å². The minimum absolute atomic E-state index is 0.510. The average molecular weight is 366 g/mol. The zero-order valence-electron chi connectivity index (χ0n) is 13.9. The van der Waals surface area contributed by atoms with E-state index in [9.17, 15) is 24.5 Å². The number of pyridine rings is 1. The number of nitrogens with zero attached hydrogens (tertiary/aromatic N) is 2. The van der Waals surface area contributed by atoms with E-state index in [1.54, 1.807) is 12.1 Å². The summed E-state index contributed by atoms with van der Waals surface area (Å²) in [5.41, 5.74) is 3.69. The Balaban J connectivity index is 1.93. The molecule has 0 bridgehead atoms. The van der Waals surface area contributed by atoms with Gasteiger partial charge in [0.05, 0.1) is 11.1 Å². The molecule has 0 aliphatic rings. The van der Waals surface area contributed by atoms with E-state index in [4.69, 9.17) is 5.73 Å². The summed E-state index contributed by atoms with van der Waals surface area (Å²) in [5.74, 6) is -1.68. The normalized spacial score (nSPS) is 10.5. The molecule has 0 aliphatic carbocycles. The molecule has 3 aromatic rings. The second-order valence-electron chi connectivity index (χ2n) is 5.74. The number of rotatable bonds is 5. The molecule has 1 aromatic heterocycles. The van der Waals surface area contributed by atoms with Gasteiger partial charge in [-0.25, -0.2) is 0 Å². The molecule has 3 N–H and O–H groups in total. The largest absolute Gasteiger partial charge is 0.365 e. The van der Waals surface area contributed by atoms with Gasteiger partial charge in [0.2, 0.25) is 5.91 Å². The number of fused-ring (bicyclic) bond motifs is 1. The van der Waals surface area contributed by atoms with E-state index in [0.717, 1.165) is 27.6 Å². The number of anilines is 1. The fraction of sp³-hybridized carbons (Fsp3) is 0.0556. The van der Waals surface area contributed by atoms with Crippen molar-refractivity contribution in [3.63, 3.8) is 0 Å². The van der Waals surface area contributed by atoms with Crippen molar-refractivity contribution < 1.29 is 14.5 Å². The number of primary amides is 1. The minimum Gasteiger partial charge on any atom is -0.365 e. The molecule has 27 heavy (non-hydrogen) atoms. The molecule has 1 heterocycles. The zero-order chi connectivity index (χ0) is 19.6. The quantitative estimate of drug-likeness (QED) is 0.522. The minimum atomic E-state index is -1.10. The number of nitro groups is 1. The highest BCUT2D eigenvalue weighted by Crippen LogP contribution is 2.22. The molecule has 0 spiro atoms. The van der Waals surface area contributed by atoms with Crippen molar-refractivity contribution in [2.45, 2.75) is 6.54 Å². The first-order valence-electron chi connectivity index (χ1n) is 7.83. The predicted octanol–water partition coefficient (Wildman–Crippen LogP) is 1.65. The first-order chi connectivity index (χ1) is 12.9. The van der Waals surface area contributed by atoms with Crippen LogP contribution in [0.2, 0.25) is 0 Å². The zero-order valence-corrected chi connectivity index (χ0v) is 13.9. The summed E-state index contributed by atoms with van der Waals surface area (Å²) in [6.07, 6.45) is 0.900. The molecule has 0 saturated carbocycles. The lowest BCUT2D eigenvalue weighted by atomic mass is 10.1. The van der Waals surface area contributed by atoms with Gasteiger partial charge in [0.25, 0.3) is 17.2 Å². The highest BCUT2D eigenvalue weighted by molar-refractivity contribution is 6.02. The van der Waals surface area contributed by atoms with Gasteiger partial charge in [-0.2, -0.15) is 0 Å². The Labute approximate surface area is 152 Å². The summed E-state index contributed by atoms with van der Waals surface area (Å²) in [5, 5.41) is 15.4. The lowest BCUT2D eigenvalue weighted by Gasteiger charge is -2.10. The molecule has 9 nitrogen and oxygen atoms in total. The van der Waals surface area contributed by atoms with Gasteiger partial charge >= 0.3 is 0 Å². The van der Waals surface area contributed by atoms with Gasteiger partial charge in [-0.15, -0.1) is 0 Å². The van der Waals surface area contributed by atoms with Crippen molar-refractivity contribution in [2.75, 3.05) is 5.32 Å². The molecule has 2 aromatic carbocycles. The van der Waals surface area contributed by atoms with Crippen molar-refractivity contribution in [1.29, 1.82) is 0 Å². The maximum Gasteiger partial charge on any atom is 0.286 e. The predicted molar refractivity (Wildman–Crippen MR) is 98.5 cm³/mol. The molecule has 2 amide bonds. The summed E-state index contributed by atoms with van der Waals surface area (Å²) < 4.78 is 0.790. The number of carbonyl (C=O) groups excluding carboxylic acids is 2. The average Bonchev–Trinajstić information content (AvgIpc) is 2.63. The molecule has 0 unspecified atom stereocenters. The van der Waals surface area contributed by atoms with Gasteiger partial charge < -0.3 is 11.1 Å². The van der Waals surface area contributed by atoms with E-state index in [1.807, 2.05) is 30.3 Å². The first kappa shape index (κ1) is 17.8. The van der Waals surface area contributed by atoms with E-state index in [-0.39, 0.29) is 0 Å². The highest BCUT2D eigenvalue weighted by Gasteiger charge is 2.19. The smallest absolute Gasteiger partial charge is 0.286 e. The number of hydrogen-bond donors (Lipinski definition) is 2. The lowest BCUT2D eigenvalue weighted by Crippen LogP contribution is -2.33. The summed E-state index contributed by atoms with van der Waals surface area (Å²) in [6, 6.07) is 13.5. The van der Waals surface area contributed by atoms with Crippen LogP contribution in [0, 0.1) is 10.1 Å². The van der Waals surface area contributed by atoms with Crippen molar-refractivity contribution >= 4 is 34.0 Å². The van der Waals surface area contributed by atoms with Crippen LogP contribution in [0.5, 0.6) is 0 Å². The molecule has 0 saturated heterocycles. The van der Waals surface area contributed by atoms with Crippen LogP contribution < -0.4 is 16.6 Å². The van der Waals surface area contributed by atoms with Crippen LogP contribution in [0.1, 0.15) is 10.4 Å². The van der Waals surface area contributed by atoms with Crippen LogP contribution in [0.15, 0.2) is 59.5 Å². The van der Waals surface area contributed by atoms with Crippen LogP contribution in [0.4, 0.5) is 11.4 Å². The molecular formula is C18H14N4O5. The molecule has 0 atom stereocenters. The second-order valence-corrected chi connectivity index (χ2v) is 5.74. The third-order valence-electron chi connectivity index (χ3n) is 3.93. The van der Waals surface area contributed by atoms with Crippen molar-refractivity contribution in [2.24, 2.45) is 5.73 Å². The maximum absolute atomic E-state index is 12.4. The van der Waals surface area contributed by atoms with E-state index in [0.29, 0.717) is 5.69 Å². The van der Waals surface area contributed by atoms with Crippen molar-refractivity contribution in [1.82, 2.24) is 4.57 Å². The van der Waals surface area contributed by atoms with Gasteiger partial charge in [0.15, 0.2) is 0 Å². The van der Waals surface area contributed by atoms with Crippen molar-refractivity contribution in [3.05, 3.63) is 80.8 Å². The molecular weight excluding hydrogens is 352 g/mol. The fourth-order valence-corrected chi connectivity index (χ4v) is 2.69. The molecule has 0 radical (unpaired) electrons. The number of aromatic nitrogens is 1. The summed E-state index contributed by atoms with van der Waals surface area (Å²) in [6.45, 7) is -0.510. The number of nitrogens with two attached hydrogens (primary N) is 1. The maximum atomic E-state index is 12.4. The third kappa shape index (κ3) is 3.66. The number of amides is 2. The van der Waals surface area contributed by atoms with Crippen LogP contribution >= 0.6 is 0 Å². The molecule has 136 valence electrons. The number of nitrogens with one attached hydrogen (secondary N) is 1. The molecule has 0 aliphatic heterocycles. The van der Waals surface area contributed by atoms with E-state index in [2.05, 4.69) is 5.32 Å².